The average Bonchev–Trinajstić information content (AvgIpc) is 3.14. The minimum Gasteiger partial charge on any atom is -0.322 e. The summed E-state index contributed by atoms with van der Waals surface area (Å²) in [6.07, 6.45) is -3.47. The second kappa shape index (κ2) is 9.05. The normalized spacial score (nSPS) is 15.8. The monoisotopic (exact) mass is 470 g/mol. The molecule has 33 heavy (non-hydrogen) atoms. The number of hydrogen-bond acceptors (Lipinski definition) is 3. The van der Waals surface area contributed by atoms with E-state index in [0.29, 0.717) is 37.5 Å². The predicted octanol–water partition coefficient (Wildman–Crippen LogP) is 4.82. The third-order valence-electron chi connectivity index (χ3n) is 5.73. The van der Waals surface area contributed by atoms with Gasteiger partial charge in [-0.2, -0.15) is 13.2 Å². The summed E-state index contributed by atoms with van der Waals surface area (Å²) < 4.78 is 81.7. The highest BCUT2D eigenvalue weighted by atomic mass is 19.4. The van der Waals surface area contributed by atoms with Gasteiger partial charge < -0.3 is 9.88 Å². The predicted molar refractivity (Wildman–Crippen MR) is 109 cm³/mol. The highest BCUT2D eigenvalue weighted by Gasteiger charge is 2.38. The third kappa shape index (κ3) is 4.97. The molecule has 0 atom stereocenters. The average molecular weight is 470 g/mol. The zero-order valence-corrected chi connectivity index (χ0v) is 17.3. The van der Waals surface area contributed by atoms with Gasteiger partial charge in [0.1, 0.15) is 0 Å². The molecule has 1 aliphatic rings. The molecular formula is C22H20F6N4O. The number of rotatable bonds is 5. The third-order valence-corrected chi connectivity index (χ3v) is 5.73. The molecule has 1 amide bonds. The van der Waals surface area contributed by atoms with Gasteiger partial charge in [0, 0.05) is 6.54 Å². The molecule has 1 aromatic heterocycles. The first kappa shape index (κ1) is 23.1. The summed E-state index contributed by atoms with van der Waals surface area (Å²) in [6, 6.07) is 8.10. The molecule has 2 heterocycles. The van der Waals surface area contributed by atoms with Crippen molar-refractivity contribution in [2.75, 3.05) is 25.0 Å². The van der Waals surface area contributed by atoms with Crippen molar-refractivity contribution in [3.05, 3.63) is 59.7 Å². The van der Waals surface area contributed by atoms with Gasteiger partial charge in [0.15, 0.2) is 17.5 Å². The highest BCUT2D eigenvalue weighted by Crippen LogP contribution is 2.33. The van der Waals surface area contributed by atoms with Crippen molar-refractivity contribution < 1.29 is 31.1 Å². The van der Waals surface area contributed by atoms with E-state index in [4.69, 9.17) is 0 Å². The topological polar surface area (TPSA) is 50.2 Å². The standard InChI is InChI=1S/C22H20F6N4O/c23-14-5-6-16(20(25)19(14)24)29-18(33)12-31-9-7-13(8-10-31)11-32-17-4-2-1-3-15(17)30-21(32)22(26,27)28/h1-6,13H,7-12H2,(H,29,33). The molecule has 4 rings (SSSR count). The number of benzene rings is 2. The quantitative estimate of drug-likeness (QED) is 0.430. The Hall–Kier alpha value is -3.08. The van der Waals surface area contributed by atoms with Crippen LogP contribution in [0.15, 0.2) is 36.4 Å². The molecule has 5 nitrogen and oxygen atoms in total. The molecule has 11 heteroatoms. The Labute approximate surface area is 185 Å². The highest BCUT2D eigenvalue weighted by molar-refractivity contribution is 5.92. The van der Waals surface area contributed by atoms with Crippen LogP contribution >= 0.6 is 0 Å². The summed E-state index contributed by atoms with van der Waals surface area (Å²) >= 11 is 0. The maximum atomic E-state index is 13.7. The van der Waals surface area contributed by atoms with Crippen LogP contribution in [-0.2, 0) is 17.5 Å². The molecule has 1 N–H and O–H groups in total. The molecule has 1 saturated heterocycles. The molecule has 2 aromatic carbocycles. The number of nitrogens with zero attached hydrogens (tertiary/aromatic N) is 3. The number of likely N-dealkylation sites (tertiary alicyclic amines) is 1. The smallest absolute Gasteiger partial charge is 0.322 e. The molecule has 1 fully saturated rings. The lowest BCUT2D eigenvalue weighted by Crippen LogP contribution is -2.40. The largest absolute Gasteiger partial charge is 0.449 e. The Balaban J connectivity index is 1.36. The van der Waals surface area contributed by atoms with E-state index < -0.39 is 41.0 Å². The second-order valence-corrected chi connectivity index (χ2v) is 8.02. The van der Waals surface area contributed by atoms with Gasteiger partial charge in [0.05, 0.1) is 23.3 Å². The number of halogens is 6. The van der Waals surface area contributed by atoms with Crippen molar-refractivity contribution in [3.63, 3.8) is 0 Å². The zero-order chi connectivity index (χ0) is 23.8. The molecule has 0 bridgehead atoms. The van der Waals surface area contributed by atoms with Crippen molar-refractivity contribution >= 4 is 22.6 Å². The van der Waals surface area contributed by atoms with E-state index in [-0.39, 0.29) is 24.5 Å². The molecule has 1 aliphatic heterocycles. The van der Waals surface area contributed by atoms with Gasteiger partial charge in [-0.15, -0.1) is 0 Å². The van der Waals surface area contributed by atoms with E-state index in [1.54, 1.807) is 23.1 Å². The number of nitrogens with one attached hydrogen (secondary N) is 1. The minimum absolute atomic E-state index is 0.0494. The first-order chi connectivity index (χ1) is 15.6. The zero-order valence-electron chi connectivity index (χ0n) is 17.3. The number of piperidine rings is 1. The first-order valence-corrected chi connectivity index (χ1v) is 10.3. The van der Waals surface area contributed by atoms with Gasteiger partial charge in [-0.25, -0.2) is 18.2 Å². The van der Waals surface area contributed by atoms with Crippen molar-refractivity contribution in [2.45, 2.75) is 25.6 Å². The summed E-state index contributed by atoms with van der Waals surface area (Å²) in [7, 11) is 0. The van der Waals surface area contributed by atoms with Gasteiger partial charge in [0.25, 0.3) is 0 Å². The van der Waals surface area contributed by atoms with Crippen LogP contribution in [0.3, 0.4) is 0 Å². The fraction of sp³-hybridized carbons (Fsp3) is 0.364. The number of fused-ring (bicyclic) bond motifs is 1. The Morgan fingerprint density at radius 2 is 1.73 bits per heavy atom. The lowest BCUT2D eigenvalue weighted by atomic mass is 9.96. The number of carbonyl (C=O) groups excluding carboxylic acids is 1. The Morgan fingerprint density at radius 3 is 2.42 bits per heavy atom. The van der Waals surface area contributed by atoms with Crippen molar-refractivity contribution in [3.8, 4) is 0 Å². The van der Waals surface area contributed by atoms with E-state index in [1.165, 1.54) is 10.6 Å². The summed E-state index contributed by atoms with van der Waals surface area (Å²) in [5, 5.41) is 2.22. The molecule has 0 spiro atoms. The number of alkyl halides is 3. The fourth-order valence-corrected chi connectivity index (χ4v) is 4.08. The lowest BCUT2D eigenvalue weighted by Gasteiger charge is -2.32. The van der Waals surface area contributed by atoms with Gasteiger partial charge in [-0.05, 0) is 56.1 Å². The van der Waals surface area contributed by atoms with Gasteiger partial charge >= 0.3 is 6.18 Å². The minimum atomic E-state index is -4.58. The SMILES string of the molecule is O=C(CN1CCC(Cn2c(C(F)(F)F)nc3ccccc32)CC1)Nc1ccc(F)c(F)c1F. The molecular weight excluding hydrogens is 450 g/mol. The Morgan fingerprint density at radius 1 is 1.03 bits per heavy atom. The van der Waals surface area contributed by atoms with E-state index in [2.05, 4.69) is 10.3 Å². The molecule has 0 unspecified atom stereocenters. The second-order valence-electron chi connectivity index (χ2n) is 8.02. The van der Waals surface area contributed by atoms with E-state index in [0.717, 1.165) is 6.07 Å². The fourth-order valence-electron chi connectivity index (χ4n) is 4.08. The molecule has 3 aromatic rings. The Kier molecular flexibility index (Phi) is 6.33. The van der Waals surface area contributed by atoms with Crippen LogP contribution in [0.25, 0.3) is 11.0 Å². The number of hydrogen-bond donors (Lipinski definition) is 1. The van der Waals surface area contributed by atoms with Crippen LogP contribution in [-0.4, -0.2) is 40.0 Å². The number of anilines is 1. The van der Waals surface area contributed by atoms with E-state index >= 15 is 0 Å². The van der Waals surface area contributed by atoms with Gasteiger partial charge in [0.2, 0.25) is 11.7 Å². The van der Waals surface area contributed by atoms with Crippen LogP contribution in [0, 0.1) is 23.4 Å². The summed E-state index contributed by atoms with van der Waals surface area (Å²) in [5.41, 5.74) is 0.240. The number of imidazole rings is 1. The molecule has 176 valence electrons. The van der Waals surface area contributed by atoms with Crippen molar-refractivity contribution in [1.82, 2.24) is 14.5 Å². The molecule has 0 aliphatic carbocycles. The van der Waals surface area contributed by atoms with Gasteiger partial charge in [-0.3, -0.25) is 9.69 Å². The van der Waals surface area contributed by atoms with Crippen LogP contribution in [0.5, 0.6) is 0 Å². The number of carbonyl (C=O) groups is 1. The van der Waals surface area contributed by atoms with Crippen molar-refractivity contribution in [2.24, 2.45) is 5.92 Å². The van der Waals surface area contributed by atoms with Crippen LogP contribution in [0.2, 0.25) is 0 Å². The maximum Gasteiger partial charge on any atom is 0.449 e. The summed E-state index contributed by atoms with van der Waals surface area (Å²) in [6.45, 7) is 0.946. The van der Waals surface area contributed by atoms with E-state index in [9.17, 15) is 31.1 Å². The van der Waals surface area contributed by atoms with Crippen LogP contribution in [0.4, 0.5) is 32.0 Å². The number of para-hydroxylation sites is 2. The molecule has 0 radical (unpaired) electrons. The Bertz CT molecular complexity index is 1170. The number of aromatic nitrogens is 2. The van der Waals surface area contributed by atoms with Crippen LogP contribution < -0.4 is 5.32 Å². The molecule has 0 saturated carbocycles. The van der Waals surface area contributed by atoms with Crippen LogP contribution in [0.1, 0.15) is 18.7 Å². The maximum absolute atomic E-state index is 13.7. The van der Waals surface area contributed by atoms with Crippen molar-refractivity contribution in [1.29, 1.82) is 0 Å². The summed E-state index contributed by atoms with van der Waals surface area (Å²) in [5.74, 6) is -6.08. The summed E-state index contributed by atoms with van der Waals surface area (Å²) in [4.78, 5) is 17.7. The lowest BCUT2D eigenvalue weighted by molar-refractivity contribution is -0.147. The number of amides is 1. The first-order valence-electron chi connectivity index (χ1n) is 10.3. The van der Waals surface area contributed by atoms with E-state index in [1.807, 2.05) is 0 Å². The van der Waals surface area contributed by atoms with Gasteiger partial charge in [-0.1, -0.05) is 12.1 Å².